The van der Waals surface area contributed by atoms with Crippen LogP contribution in [0.5, 0.6) is 0 Å². The molecule has 3 heterocycles. The number of nitrogens with one attached hydrogen (secondary N) is 1. The number of amidine groups is 2. The Balaban J connectivity index is 1.11. The Morgan fingerprint density at radius 1 is 0.462 bits per heavy atom. The zero-order valence-corrected chi connectivity index (χ0v) is 27.9. The van der Waals surface area contributed by atoms with Crippen molar-refractivity contribution in [3.05, 3.63) is 180 Å². The van der Waals surface area contributed by atoms with Crippen LogP contribution in [0.4, 0.5) is 0 Å². The summed E-state index contributed by atoms with van der Waals surface area (Å²) in [6, 6.07) is 56.9. The van der Waals surface area contributed by atoms with Gasteiger partial charge in [-0.3, -0.25) is 0 Å². The second-order valence-electron chi connectivity index (χ2n) is 13.4. The number of aliphatic imine (C=N–C) groups is 2. The number of fused-ring (bicyclic) bond motifs is 8. The number of para-hydroxylation sites is 2. The third kappa shape index (κ3) is 4.56. The lowest BCUT2D eigenvalue weighted by atomic mass is 9.98. The third-order valence-corrected chi connectivity index (χ3v) is 10.3. The van der Waals surface area contributed by atoms with E-state index in [1.54, 1.807) is 0 Å². The summed E-state index contributed by atoms with van der Waals surface area (Å²) in [6.07, 6.45) is -0.353. The highest BCUT2D eigenvalue weighted by molar-refractivity contribution is 6.22. The minimum absolute atomic E-state index is 0.353. The predicted molar refractivity (Wildman–Crippen MR) is 213 cm³/mol. The topological polar surface area (TPSA) is 63.0 Å². The molecule has 0 saturated heterocycles. The van der Waals surface area contributed by atoms with E-state index >= 15 is 0 Å². The number of hydrogen-bond donors (Lipinski definition) is 1. The molecule has 0 bridgehead atoms. The molecule has 0 spiro atoms. The van der Waals surface area contributed by atoms with Crippen molar-refractivity contribution in [3.63, 3.8) is 0 Å². The molecule has 10 aromatic rings. The van der Waals surface area contributed by atoms with Crippen LogP contribution < -0.4 is 5.32 Å². The Bertz CT molecular complexity index is 3130. The number of rotatable bonds is 4. The zero-order chi connectivity index (χ0) is 34.2. The Kier molecular flexibility index (Phi) is 6.25. The molecule has 5 nitrogen and oxygen atoms in total. The van der Waals surface area contributed by atoms with Crippen molar-refractivity contribution in [2.45, 2.75) is 6.17 Å². The fraction of sp³-hybridized carbons (Fsp3) is 0.0213. The maximum atomic E-state index is 6.49. The van der Waals surface area contributed by atoms with Gasteiger partial charge in [0.2, 0.25) is 0 Å². The van der Waals surface area contributed by atoms with Crippen molar-refractivity contribution < 1.29 is 8.83 Å². The Hall–Kier alpha value is -6.98. The van der Waals surface area contributed by atoms with Gasteiger partial charge in [0.25, 0.3) is 0 Å². The summed E-state index contributed by atoms with van der Waals surface area (Å²) in [5.74, 6) is 1.43. The van der Waals surface area contributed by atoms with Crippen molar-refractivity contribution in [1.82, 2.24) is 5.32 Å². The average Bonchev–Trinajstić information content (AvgIpc) is 3.78. The van der Waals surface area contributed by atoms with E-state index in [4.69, 9.17) is 18.8 Å². The highest BCUT2D eigenvalue weighted by Crippen LogP contribution is 2.40. The van der Waals surface area contributed by atoms with Crippen LogP contribution in [0.2, 0.25) is 0 Å². The third-order valence-electron chi connectivity index (χ3n) is 10.3. The van der Waals surface area contributed by atoms with Gasteiger partial charge in [-0.05, 0) is 69.1 Å². The van der Waals surface area contributed by atoms with E-state index in [-0.39, 0.29) is 6.17 Å². The van der Waals surface area contributed by atoms with Crippen molar-refractivity contribution in [3.8, 4) is 11.1 Å². The molecule has 2 aromatic heterocycles. The zero-order valence-electron chi connectivity index (χ0n) is 27.9. The number of nitrogens with zero attached hydrogens (tertiary/aromatic N) is 2. The smallest absolute Gasteiger partial charge is 0.160 e. The van der Waals surface area contributed by atoms with Crippen LogP contribution in [0.25, 0.3) is 76.5 Å². The molecular formula is C47H29N3O2. The first kappa shape index (κ1) is 28.8. The lowest BCUT2D eigenvalue weighted by molar-refractivity contribution is 0.668. The van der Waals surface area contributed by atoms with E-state index < -0.39 is 0 Å². The van der Waals surface area contributed by atoms with E-state index in [1.807, 2.05) is 24.3 Å². The van der Waals surface area contributed by atoms with E-state index in [1.165, 1.54) is 16.2 Å². The normalized spacial score (nSPS) is 14.7. The summed E-state index contributed by atoms with van der Waals surface area (Å²) in [6.45, 7) is 0. The molecule has 1 unspecified atom stereocenters. The minimum Gasteiger partial charge on any atom is -0.456 e. The van der Waals surface area contributed by atoms with Gasteiger partial charge in [0, 0.05) is 38.2 Å². The summed E-state index contributed by atoms with van der Waals surface area (Å²) < 4.78 is 12.9. The fourth-order valence-corrected chi connectivity index (χ4v) is 7.76. The summed E-state index contributed by atoms with van der Waals surface area (Å²) in [7, 11) is 0. The molecule has 1 N–H and O–H groups in total. The summed E-state index contributed by atoms with van der Waals surface area (Å²) in [4.78, 5) is 10.6. The first-order valence-electron chi connectivity index (χ1n) is 17.5. The van der Waals surface area contributed by atoms with Gasteiger partial charge in [-0.1, -0.05) is 127 Å². The Morgan fingerprint density at radius 2 is 1.13 bits per heavy atom. The number of benzene rings is 8. The van der Waals surface area contributed by atoms with Gasteiger partial charge >= 0.3 is 0 Å². The van der Waals surface area contributed by atoms with Crippen LogP contribution >= 0.6 is 0 Å². The standard InChI is InChI=1S/C47H29N3O2/c1-3-11-30-25-33(21-19-28(30)9-1)45-48-46(34-22-20-29-10-2-4-12-31(29)26-34)50-47(49-45)38-16-8-18-42-43(38)39-27-32(23-24-41(39)51-42)35-14-7-15-37-36-13-5-6-17-40(36)52-44(35)37/h1-27,45H,(H,48,49,50). The van der Waals surface area contributed by atoms with E-state index in [9.17, 15) is 0 Å². The quantitative estimate of drug-likeness (QED) is 0.203. The number of furan rings is 2. The molecule has 5 heteroatoms. The molecule has 0 saturated carbocycles. The van der Waals surface area contributed by atoms with Crippen LogP contribution in [0.1, 0.15) is 22.9 Å². The lowest BCUT2D eigenvalue weighted by Crippen LogP contribution is -2.33. The Labute approximate surface area is 298 Å². The highest BCUT2D eigenvalue weighted by Gasteiger charge is 2.24. The molecule has 52 heavy (non-hydrogen) atoms. The van der Waals surface area contributed by atoms with Crippen molar-refractivity contribution in [2.24, 2.45) is 9.98 Å². The minimum atomic E-state index is -0.353. The van der Waals surface area contributed by atoms with Gasteiger partial charge in [-0.2, -0.15) is 0 Å². The molecular weight excluding hydrogens is 639 g/mol. The average molecular weight is 668 g/mol. The fourth-order valence-electron chi connectivity index (χ4n) is 7.76. The van der Waals surface area contributed by atoms with Gasteiger partial charge in [-0.15, -0.1) is 0 Å². The Morgan fingerprint density at radius 3 is 2.02 bits per heavy atom. The largest absolute Gasteiger partial charge is 0.456 e. The first-order valence-corrected chi connectivity index (χ1v) is 17.5. The second-order valence-corrected chi connectivity index (χ2v) is 13.4. The molecule has 0 radical (unpaired) electrons. The molecule has 8 aromatic carbocycles. The van der Waals surface area contributed by atoms with Crippen LogP contribution in [0.3, 0.4) is 0 Å². The summed E-state index contributed by atoms with van der Waals surface area (Å²) in [5, 5.41) is 12.6. The van der Waals surface area contributed by atoms with Crippen molar-refractivity contribution in [2.75, 3.05) is 0 Å². The van der Waals surface area contributed by atoms with Gasteiger partial charge in [0.15, 0.2) is 5.84 Å². The van der Waals surface area contributed by atoms with Crippen LogP contribution in [0, 0.1) is 0 Å². The van der Waals surface area contributed by atoms with Gasteiger partial charge in [0.1, 0.15) is 34.3 Å². The maximum Gasteiger partial charge on any atom is 0.160 e. The van der Waals surface area contributed by atoms with E-state index in [2.05, 4.69) is 145 Å². The molecule has 0 amide bonds. The monoisotopic (exact) mass is 667 g/mol. The molecule has 0 fully saturated rings. The second kappa shape index (κ2) is 11.3. The van der Waals surface area contributed by atoms with Crippen LogP contribution in [0.15, 0.2) is 183 Å². The van der Waals surface area contributed by atoms with Crippen molar-refractivity contribution in [1.29, 1.82) is 0 Å². The van der Waals surface area contributed by atoms with Gasteiger partial charge in [0.05, 0.1) is 0 Å². The van der Waals surface area contributed by atoms with Gasteiger partial charge in [-0.25, -0.2) is 9.98 Å². The number of hydrogen-bond acceptors (Lipinski definition) is 5. The summed E-state index contributed by atoms with van der Waals surface area (Å²) >= 11 is 0. The van der Waals surface area contributed by atoms with E-state index in [0.29, 0.717) is 5.84 Å². The molecule has 1 aliphatic heterocycles. The van der Waals surface area contributed by atoms with Crippen LogP contribution in [-0.2, 0) is 0 Å². The molecule has 244 valence electrons. The van der Waals surface area contributed by atoms with Crippen molar-refractivity contribution >= 4 is 77.1 Å². The SMILES string of the molecule is c1ccc2cc(C3=NC(c4cccc5oc6ccc(-c7cccc8c7oc7ccccc78)cc6c45)=NC(c4ccc5ccccc5c4)N3)ccc2c1. The van der Waals surface area contributed by atoms with Crippen LogP contribution in [-0.4, -0.2) is 11.7 Å². The molecule has 0 aliphatic carbocycles. The molecule has 1 aliphatic rings. The summed E-state index contributed by atoms with van der Waals surface area (Å²) in [5.41, 5.74) is 8.43. The van der Waals surface area contributed by atoms with E-state index in [0.717, 1.165) is 82.9 Å². The molecule has 1 atom stereocenters. The molecule has 11 rings (SSSR count). The highest BCUT2D eigenvalue weighted by atomic mass is 16.3. The van der Waals surface area contributed by atoms with Gasteiger partial charge < -0.3 is 14.2 Å². The first-order chi connectivity index (χ1) is 25.7. The predicted octanol–water partition coefficient (Wildman–Crippen LogP) is 12.0. The lowest BCUT2D eigenvalue weighted by Gasteiger charge is -2.24. The maximum absolute atomic E-state index is 6.49.